The second kappa shape index (κ2) is 31.6. The lowest BCUT2D eigenvalue weighted by Crippen LogP contribution is -2.03. The quantitative estimate of drug-likeness (QED) is 0.0443. The molecule has 0 aliphatic carbocycles. The zero-order valence-electron chi connectivity index (χ0n) is 29.2. The lowest BCUT2D eigenvalue weighted by molar-refractivity contribution is -0.138. The molecule has 0 fully saturated rings. The summed E-state index contributed by atoms with van der Waals surface area (Å²) >= 11 is 0. The van der Waals surface area contributed by atoms with Crippen LogP contribution in [0.5, 0.6) is 17.2 Å². The van der Waals surface area contributed by atoms with Crippen LogP contribution < -0.4 is 14.2 Å². The summed E-state index contributed by atoms with van der Waals surface area (Å²) in [5.74, 6) is 1.56. The van der Waals surface area contributed by atoms with Gasteiger partial charge < -0.3 is 28.8 Å². The Labute approximate surface area is 285 Å². The van der Waals surface area contributed by atoms with Gasteiger partial charge in [0.1, 0.15) is 17.2 Å². The molecule has 0 aromatic heterocycles. The van der Waals surface area contributed by atoms with E-state index >= 15 is 0 Å². The number of unbranched alkanes of at least 4 members (excludes halogenated alkanes) is 18. The van der Waals surface area contributed by atoms with Crippen LogP contribution in [0, 0.1) is 0 Å². The number of aliphatic hydroxyl groups is 1. The lowest BCUT2D eigenvalue weighted by atomic mass is 10.1. The van der Waals surface area contributed by atoms with E-state index in [1.165, 1.54) is 89.2 Å². The second-order valence-corrected chi connectivity index (χ2v) is 12.1. The molecule has 0 saturated carbocycles. The van der Waals surface area contributed by atoms with E-state index < -0.39 is 0 Å². The summed E-state index contributed by atoms with van der Waals surface area (Å²) < 4.78 is 28.0. The van der Waals surface area contributed by atoms with Gasteiger partial charge in [-0.05, 0) is 25.7 Å². The molecule has 268 valence electrons. The van der Waals surface area contributed by atoms with Gasteiger partial charge in [0.25, 0.3) is 0 Å². The Bertz CT molecular complexity index is 865. The highest BCUT2D eigenvalue weighted by Crippen LogP contribution is 2.28. The SMILES string of the molecule is C=CC(=O)OCCCCCCCCCCCCOc1cc(OCCCO)cc(OCCCCCCCCCCCCOC(=O)C=C)c1. The number of hydrogen-bond acceptors (Lipinski definition) is 8. The normalized spacial score (nSPS) is 10.7. The van der Waals surface area contributed by atoms with Crippen LogP contribution in [0.25, 0.3) is 0 Å². The third-order valence-electron chi connectivity index (χ3n) is 7.86. The van der Waals surface area contributed by atoms with Crippen molar-refractivity contribution in [2.24, 2.45) is 0 Å². The number of aliphatic hydroxyl groups excluding tert-OH is 1. The topological polar surface area (TPSA) is 101 Å². The smallest absolute Gasteiger partial charge is 0.330 e. The molecule has 47 heavy (non-hydrogen) atoms. The van der Waals surface area contributed by atoms with E-state index in [0.29, 0.717) is 45.2 Å². The summed E-state index contributed by atoms with van der Waals surface area (Å²) in [6, 6.07) is 5.77. The minimum Gasteiger partial charge on any atom is -0.493 e. The van der Waals surface area contributed by atoms with Gasteiger partial charge >= 0.3 is 11.9 Å². The van der Waals surface area contributed by atoms with Crippen LogP contribution in [0.2, 0.25) is 0 Å². The van der Waals surface area contributed by atoms with Gasteiger partial charge in [0.05, 0.1) is 33.0 Å². The summed E-state index contributed by atoms with van der Waals surface area (Å²) in [4.78, 5) is 22.0. The molecule has 0 unspecified atom stereocenters. The zero-order chi connectivity index (χ0) is 34.0. The second-order valence-electron chi connectivity index (χ2n) is 12.1. The Morgan fingerprint density at radius 1 is 0.447 bits per heavy atom. The molecule has 0 bridgehead atoms. The van der Waals surface area contributed by atoms with Crippen molar-refractivity contribution < 1.29 is 38.4 Å². The molecule has 8 heteroatoms. The number of ether oxygens (including phenoxy) is 5. The summed E-state index contributed by atoms with van der Waals surface area (Å²) in [6.07, 6.45) is 26.2. The molecule has 0 radical (unpaired) electrons. The van der Waals surface area contributed by atoms with Crippen molar-refractivity contribution in [2.75, 3.05) is 39.6 Å². The summed E-state index contributed by atoms with van der Waals surface area (Å²) in [6.45, 7) is 9.68. The fourth-order valence-corrected chi connectivity index (χ4v) is 5.13. The fraction of sp³-hybridized carbons (Fsp3) is 0.692. The van der Waals surface area contributed by atoms with Gasteiger partial charge in [-0.25, -0.2) is 9.59 Å². The first-order chi connectivity index (χ1) is 23.1. The fourth-order valence-electron chi connectivity index (χ4n) is 5.13. The van der Waals surface area contributed by atoms with Crippen molar-refractivity contribution >= 4 is 11.9 Å². The first-order valence-electron chi connectivity index (χ1n) is 18.3. The minimum atomic E-state index is -0.335. The third-order valence-corrected chi connectivity index (χ3v) is 7.86. The molecule has 1 aromatic rings. The van der Waals surface area contributed by atoms with E-state index in [1.807, 2.05) is 18.2 Å². The number of carbonyl (C=O) groups excluding carboxylic acids is 2. The van der Waals surface area contributed by atoms with Crippen LogP contribution in [0.4, 0.5) is 0 Å². The van der Waals surface area contributed by atoms with Crippen LogP contribution in [0.15, 0.2) is 43.5 Å². The monoisotopic (exact) mass is 660 g/mol. The van der Waals surface area contributed by atoms with Crippen LogP contribution >= 0.6 is 0 Å². The van der Waals surface area contributed by atoms with E-state index in [1.54, 1.807) is 0 Å². The van der Waals surface area contributed by atoms with Crippen LogP contribution in [0.3, 0.4) is 0 Å². The van der Waals surface area contributed by atoms with Crippen molar-refractivity contribution in [1.82, 2.24) is 0 Å². The first kappa shape index (κ1) is 42.0. The average molecular weight is 661 g/mol. The number of rotatable bonds is 34. The maximum atomic E-state index is 11.0. The average Bonchev–Trinajstić information content (AvgIpc) is 3.08. The highest BCUT2D eigenvalue weighted by atomic mass is 16.5. The minimum absolute atomic E-state index is 0.101. The van der Waals surface area contributed by atoms with Crippen molar-refractivity contribution in [3.8, 4) is 17.2 Å². The Hall–Kier alpha value is -3.00. The van der Waals surface area contributed by atoms with Crippen LogP contribution in [0.1, 0.15) is 135 Å². The molecule has 0 aliphatic heterocycles. The first-order valence-corrected chi connectivity index (χ1v) is 18.3. The van der Waals surface area contributed by atoms with Gasteiger partial charge in [0, 0.05) is 43.4 Å². The number of benzene rings is 1. The predicted molar refractivity (Wildman–Crippen MR) is 189 cm³/mol. The van der Waals surface area contributed by atoms with E-state index in [2.05, 4.69) is 13.2 Å². The summed E-state index contributed by atoms with van der Waals surface area (Å²) in [5, 5.41) is 9.11. The van der Waals surface area contributed by atoms with Crippen LogP contribution in [-0.4, -0.2) is 56.7 Å². The van der Waals surface area contributed by atoms with Gasteiger partial charge in [0.2, 0.25) is 0 Å². The Kier molecular flexibility index (Phi) is 28.2. The third kappa shape index (κ3) is 26.7. The van der Waals surface area contributed by atoms with Gasteiger partial charge in [-0.1, -0.05) is 116 Å². The lowest BCUT2D eigenvalue weighted by Gasteiger charge is -2.13. The number of carbonyl (C=O) groups is 2. The molecule has 8 nitrogen and oxygen atoms in total. The Morgan fingerprint density at radius 3 is 0.979 bits per heavy atom. The maximum absolute atomic E-state index is 11.0. The predicted octanol–water partition coefficient (Wildman–Crippen LogP) is 9.47. The summed E-state index contributed by atoms with van der Waals surface area (Å²) in [5.41, 5.74) is 0. The largest absolute Gasteiger partial charge is 0.493 e. The van der Waals surface area contributed by atoms with Crippen molar-refractivity contribution in [3.05, 3.63) is 43.5 Å². The van der Waals surface area contributed by atoms with Gasteiger partial charge in [0.15, 0.2) is 0 Å². The van der Waals surface area contributed by atoms with Gasteiger partial charge in [-0.15, -0.1) is 0 Å². The molecule has 1 aromatic carbocycles. The van der Waals surface area contributed by atoms with Crippen molar-refractivity contribution in [3.63, 3.8) is 0 Å². The molecule has 0 spiro atoms. The molecular formula is C39H64O8. The van der Waals surface area contributed by atoms with Crippen molar-refractivity contribution in [1.29, 1.82) is 0 Å². The zero-order valence-corrected chi connectivity index (χ0v) is 29.2. The molecular weight excluding hydrogens is 596 g/mol. The highest BCUT2D eigenvalue weighted by Gasteiger charge is 2.06. The molecule has 0 aliphatic rings. The number of hydrogen-bond donors (Lipinski definition) is 1. The standard InChI is InChI=1S/C39H64O8/c1-3-38(41)46-29-23-19-15-11-7-5-9-13-17-21-27-43-35-32-36(34-37(33-35)45-31-25-26-40)44-28-22-18-14-10-6-8-12-16-20-24-30-47-39(42)4-2/h3-4,32-34,40H,1-2,5-31H2. The Balaban J connectivity index is 2.13. The van der Waals surface area contributed by atoms with E-state index in [4.69, 9.17) is 28.8 Å². The van der Waals surface area contributed by atoms with E-state index in [9.17, 15) is 9.59 Å². The summed E-state index contributed by atoms with van der Waals surface area (Å²) in [7, 11) is 0. The molecule has 0 amide bonds. The number of esters is 2. The van der Waals surface area contributed by atoms with E-state index in [-0.39, 0.29) is 18.5 Å². The van der Waals surface area contributed by atoms with Gasteiger partial charge in [-0.3, -0.25) is 0 Å². The van der Waals surface area contributed by atoms with Crippen LogP contribution in [-0.2, 0) is 19.1 Å². The molecule has 0 heterocycles. The van der Waals surface area contributed by atoms with Crippen molar-refractivity contribution in [2.45, 2.75) is 135 Å². The van der Waals surface area contributed by atoms with Gasteiger partial charge in [-0.2, -0.15) is 0 Å². The highest BCUT2D eigenvalue weighted by molar-refractivity contribution is 5.81. The molecule has 1 N–H and O–H groups in total. The molecule has 0 atom stereocenters. The maximum Gasteiger partial charge on any atom is 0.330 e. The Morgan fingerprint density at radius 2 is 0.702 bits per heavy atom. The molecule has 0 saturated heterocycles. The molecule has 1 rings (SSSR count). The van der Waals surface area contributed by atoms with E-state index in [0.717, 1.165) is 62.9 Å².